The molecule has 26 heavy (non-hydrogen) atoms. The second-order valence-corrected chi connectivity index (χ2v) is 7.58. The van der Waals surface area contributed by atoms with Gasteiger partial charge in [-0.15, -0.1) is 0 Å². The van der Waals surface area contributed by atoms with E-state index in [0.29, 0.717) is 29.6 Å². The maximum absolute atomic E-state index is 12.5. The fourth-order valence-corrected chi connectivity index (χ4v) is 2.69. The number of sulfonamides is 1. The second-order valence-electron chi connectivity index (χ2n) is 5.05. The highest BCUT2D eigenvalue weighted by molar-refractivity contribution is 7.89. The Morgan fingerprint density at radius 3 is 2.62 bits per heavy atom. The first-order valence-electron chi connectivity index (χ1n) is 8.00. The molecule has 3 N–H and O–H groups in total. The van der Waals surface area contributed by atoms with Crippen molar-refractivity contribution in [1.29, 1.82) is 0 Å². The smallest absolute Gasteiger partial charge is 0.387 e. The number of hydrogen-bond acceptors (Lipinski definition) is 4. The lowest BCUT2D eigenvalue weighted by atomic mass is 10.2. The van der Waals surface area contributed by atoms with Crippen molar-refractivity contribution in [1.82, 2.24) is 15.4 Å². The standard InChI is InChI=1S/C15H23ClF2N4O3S/c1-3-19-15(20-7-8-22-26(23,24)4-2)21-10-11-9-12(16)5-6-13(11)25-14(17)18/h5-6,9,14,22H,3-4,7-8,10H2,1-2H3,(H2,19,20,21). The van der Waals surface area contributed by atoms with Crippen LogP contribution in [-0.2, 0) is 16.6 Å². The molecule has 0 fully saturated rings. The molecule has 0 aliphatic rings. The summed E-state index contributed by atoms with van der Waals surface area (Å²) < 4.78 is 54.6. The Hall–Kier alpha value is -1.65. The minimum Gasteiger partial charge on any atom is -0.434 e. The fraction of sp³-hybridized carbons (Fsp3) is 0.533. The van der Waals surface area contributed by atoms with Crippen LogP contribution in [0.15, 0.2) is 23.2 Å². The van der Waals surface area contributed by atoms with Gasteiger partial charge in [-0.05, 0) is 32.0 Å². The number of nitrogens with one attached hydrogen (secondary N) is 3. The van der Waals surface area contributed by atoms with Gasteiger partial charge in [0, 0.05) is 30.2 Å². The molecule has 1 aromatic carbocycles. The van der Waals surface area contributed by atoms with Gasteiger partial charge in [-0.2, -0.15) is 8.78 Å². The average molecular weight is 413 g/mol. The third-order valence-electron chi connectivity index (χ3n) is 3.11. The zero-order chi connectivity index (χ0) is 19.6. The van der Waals surface area contributed by atoms with Gasteiger partial charge in [-0.1, -0.05) is 11.6 Å². The van der Waals surface area contributed by atoms with Gasteiger partial charge < -0.3 is 15.4 Å². The average Bonchev–Trinajstić information content (AvgIpc) is 2.58. The van der Waals surface area contributed by atoms with E-state index in [-0.39, 0.29) is 24.6 Å². The maximum atomic E-state index is 12.5. The molecule has 11 heteroatoms. The molecule has 0 amide bonds. The SMILES string of the molecule is CCNC(=NCc1cc(Cl)ccc1OC(F)F)NCCNS(=O)(=O)CC. The number of guanidine groups is 1. The van der Waals surface area contributed by atoms with Crippen molar-refractivity contribution in [3.8, 4) is 5.75 Å². The molecule has 7 nitrogen and oxygen atoms in total. The minimum absolute atomic E-state index is 0.000274. The molecule has 0 saturated heterocycles. The van der Waals surface area contributed by atoms with Gasteiger partial charge in [0.15, 0.2) is 5.96 Å². The fourth-order valence-electron chi connectivity index (χ4n) is 1.88. The topological polar surface area (TPSA) is 91.8 Å². The molecule has 0 aliphatic carbocycles. The number of hydrogen-bond donors (Lipinski definition) is 3. The van der Waals surface area contributed by atoms with E-state index >= 15 is 0 Å². The van der Waals surface area contributed by atoms with Gasteiger partial charge in [0.05, 0.1) is 12.3 Å². The predicted molar refractivity (Wildman–Crippen MR) is 98.4 cm³/mol. The third kappa shape index (κ3) is 8.63. The Morgan fingerprint density at radius 2 is 2.00 bits per heavy atom. The van der Waals surface area contributed by atoms with Gasteiger partial charge in [0.2, 0.25) is 10.0 Å². The number of rotatable bonds is 10. The Balaban J connectivity index is 2.72. The number of nitrogens with zero attached hydrogens (tertiary/aromatic N) is 1. The van der Waals surface area contributed by atoms with Crippen LogP contribution in [0.3, 0.4) is 0 Å². The van der Waals surface area contributed by atoms with Crippen LogP contribution >= 0.6 is 11.6 Å². The molecule has 0 spiro atoms. The molecule has 0 unspecified atom stereocenters. The van der Waals surface area contributed by atoms with Gasteiger partial charge in [-0.25, -0.2) is 18.1 Å². The summed E-state index contributed by atoms with van der Waals surface area (Å²) in [6.07, 6.45) is 0. The summed E-state index contributed by atoms with van der Waals surface area (Å²) in [6, 6.07) is 4.32. The van der Waals surface area contributed by atoms with E-state index in [2.05, 4.69) is 25.1 Å². The van der Waals surface area contributed by atoms with Crippen molar-refractivity contribution in [3.05, 3.63) is 28.8 Å². The molecular formula is C15H23ClF2N4O3S. The lowest BCUT2D eigenvalue weighted by Gasteiger charge is -2.13. The summed E-state index contributed by atoms with van der Waals surface area (Å²) in [7, 11) is -3.26. The molecule has 1 aromatic rings. The first-order valence-corrected chi connectivity index (χ1v) is 10.0. The normalized spacial score (nSPS) is 12.3. The summed E-state index contributed by atoms with van der Waals surface area (Å²) in [5, 5.41) is 6.31. The van der Waals surface area contributed by atoms with E-state index in [4.69, 9.17) is 11.6 Å². The largest absolute Gasteiger partial charge is 0.434 e. The van der Waals surface area contributed by atoms with Crippen LogP contribution in [0.25, 0.3) is 0 Å². The Morgan fingerprint density at radius 1 is 1.27 bits per heavy atom. The minimum atomic E-state index is -3.26. The quantitative estimate of drug-likeness (QED) is 0.310. The third-order valence-corrected chi connectivity index (χ3v) is 4.75. The van der Waals surface area contributed by atoms with Gasteiger partial charge >= 0.3 is 6.61 Å². The van der Waals surface area contributed by atoms with Crippen molar-refractivity contribution < 1.29 is 21.9 Å². The van der Waals surface area contributed by atoms with E-state index in [9.17, 15) is 17.2 Å². The molecule has 1 rings (SSSR count). The molecule has 0 atom stereocenters. The summed E-state index contributed by atoms with van der Waals surface area (Å²) in [5.41, 5.74) is 0.404. The highest BCUT2D eigenvalue weighted by Gasteiger charge is 2.10. The first kappa shape index (κ1) is 22.4. The van der Waals surface area contributed by atoms with E-state index < -0.39 is 16.6 Å². The van der Waals surface area contributed by atoms with E-state index in [1.54, 1.807) is 6.92 Å². The van der Waals surface area contributed by atoms with Crippen LogP contribution < -0.4 is 20.1 Å². The summed E-state index contributed by atoms with van der Waals surface area (Å²) in [5.74, 6) is 0.411. The number of benzene rings is 1. The van der Waals surface area contributed by atoms with Crippen LogP contribution in [0.2, 0.25) is 5.02 Å². The molecule has 0 aliphatic heterocycles. The van der Waals surface area contributed by atoms with Crippen molar-refractivity contribution in [2.75, 3.05) is 25.4 Å². The molecule has 0 saturated carbocycles. The van der Waals surface area contributed by atoms with Crippen LogP contribution in [0.4, 0.5) is 8.78 Å². The van der Waals surface area contributed by atoms with E-state index in [1.807, 2.05) is 6.92 Å². The van der Waals surface area contributed by atoms with E-state index in [1.165, 1.54) is 18.2 Å². The second kappa shape index (κ2) is 11.1. The van der Waals surface area contributed by atoms with Gasteiger partial charge in [0.1, 0.15) is 5.75 Å². The van der Waals surface area contributed by atoms with Crippen molar-refractivity contribution in [2.24, 2.45) is 4.99 Å². The zero-order valence-corrected chi connectivity index (χ0v) is 16.1. The van der Waals surface area contributed by atoms with Gasteiger partial charge in [-0.3, -0.25) is 0 Å². The van der Waals surface area contributed by atoms with Crippen molar-refractivity contribution in [3.63, 3.8) is 0 Å². The molecule has 148 valence electrons. The van der Waals surface area contributed by atoms with Crippen molar-refractivity contribution in [2.45, 2.75) is 27.0 Å². The predicted octanol–water partition coefficient (Wildman–Crippen LogP) is 1.94. The first-order chi connectivity index (χ1) is 12.3. The Labute approximate surface area is 157 Å². The van der Waals surface area contributed by atoms with Crippen LogP contribution in [-0.4, -0.2) is 46.4 Å². The van der Waals surface area contributed by atoms with Crippen LogP contribution in [0.5, 0.6) is 5.75 Å². The molecule has 0 radical (unpaired) electrons. The number of ether oxygens (including phenoxy) is 1. The Bertz CT molecular complexity index is 702. The Kier molecular flexibility index (Phi) is 9.60. The van der Waals surface area contributed by atoms with Crippen LogP contribution in [0.1, 0.15) is 19.4 Å². The number of alkyl halides is 2. The maximum Gasteiger partial charge on any atom is 0.387 e. The molecular weight excluding hydrogens is 390 g/mol. The number of aliphatic imine (C=N–C) groups is 1. The molecule has 0 heterocycles. The highest BCUT2D eigenvalue weighted by Crippen LogP contribution is 2.25. The zero-order valence-electron chi connectivity index (χ0n) is 14.6. The van der Waals surface area contributed by atoms with Crippen LogP contribution in [0, 0.1) is 0 Å². The summed E-state index contributed by atoms with van der Waals surface area (Å²) in [4.78, 5) is 4.28. The summed E-state index contributed by atoms with van der Waals surface area (Å²) >= 11 is 5.90. The van der Waals surface area contributed by atoms with E-state index in [0.717, 1.165) is 0 Å². The van der Waals surface area contributed by atoms with Gasteiger partial charge in [0.25, 0.3) is 0 Å². The molecule has 0 bridgehead atoms. The summed E-state index contributed by atoms with van der Waals surface area (Å²) in [6.45, 7) is 1.59. The lowest BCUT2D eigenvalue weighted by molar-refractivity contribution is -0.0504. The highest BCUT2D eigenvalue weighted by atomic mass is 35.5. The molecule has 0 aromatic heterocycles. The number of halogens is 3. The van der Waals surface area contributed by atoms with Crippen molar-refractivity contribution >= 4 is 27.6 Å². The monoisotopic (exact) mass is 412 g/mol. The lowest BCUT2D eigenvalue weighted by Crippen LogP contribution is -2.41.